The second kappa shape index (κ2) is 6.84. The number of phenols is 1. The van der Waals surface area contributed by atoms with E-state index in [1.165, 1.54) is 11.3 Å². The van der Waals surface area contributed by atoms with Crippen LogP contribution in [0.3, 0.4) is 0 Å². The molecule has 0 aliphatic heterocycles. The van der Waals surface area contributed by atoms with Crippen LogP contribution < -0.4 is 5.32 Å². The van der Waals surface area contributed by atoms with Gasteiger partial charge in [-0.15, -0.1) is 11.3 Å². The number of carbonyl (C=O) groups is 1. The number of nitrogens with one attached hydrogen (secondary N) is 1. The summed E-state index contributed by atoms with van der Waals surface area (Å²) in [4.78, 5) is 17.1. The minimum atomic E-state index is -0.149. The van der Waals surface area contributed by atoms with Crippen molar-refractivity contribution in [1.82, 2.24) is 15.5 Å². The lowest BCUT2D eigenvalue weighted by atomic mass is 10.1. The van der Waals surface area contributed by atoms with Gasteiger partial charge in [0.25, 0.3) is 5.91 Å². The molecule has 0 aliphatic carbocycles. The van der Waals surface area contributed by atoms with Crippen LogP contribution in [0.4, 0.5) is 0 Å². The van der Waals surface area contributed by atoms with Crippen LogP contribution >= 0.6 is 11.3 Å². The van der Waals surface area contributed by atoms with E-state index in [0.29, 0.717) is 23.6 Å². The zero-order valence-electron chi connectivity index (χ0n) is 13.4. The minimum Gasteiger partial charge on any atom is -0.508 e. The van der Waals surface area contributed by atoms with Crippen molar-refractivity contribution in [2.24, 2.45) is 0 Å². The number of hydrogen-bond donors (Lipinski definition) is 2. The van der Waals surface area contributed by atoms with Gasteiger partial charge in [0.2, 0.25) is 0 Å². The summed E-state index contributed by atoms with van der Waals surface area (Å²) in [5, 5.41) is 16.8. The maximum absolute atomic E-state index is 12.2. The van der Waals surface area contributed by atoms with Crippen molar-refractivity contribution >= 4 is 17.2 Å². The number of hydrogen-bond acceptors (Lipinski definition) is 6. The Morgan fingerprint density at radius 2 is 2.04 bits per heavy atom. The van der Waals surface area contributed by atoms with Crippen molar-refractivity contribution in [2.45, 2.75) is 20.3 Å². The highest BCUT2D eigenvalue weighted by atomic mass is 32.1. The van der Waals surface area contributed by atoms with Crippen LogP contribution in [0.1, 0.15) is 26.7 Å². The fourth-order valence-electron chi connectivity index (χ4n) is 2.35. The molecule has 0 radical (unpaired) electrons. The monoisotopic (exact) mass is 343 g/mol. The Labute approximate surface area is 143 Å². The smallest absolute Gasteiger partial charge is 0.263 e. The lowest BCUT2D eigenvalue weighted by Crippen LogP contribution is -2.24. The fourth-order valence-corrected chi connectivity index (χ4v) is 3.33. The lowest BCUT2D eigenvalue weighted by molar-refractivity contribution is 0.0958. The van der Waals surface area contributed by atoms with Gasteiger partial charge in [0.05, 0.1) is 17.5 Å². The van der Waals surface area contributed by atoms with E-state index in [1.807, 2.05) is 26.0 Å². The van der Waals surface area contributed by atoms with E-state index in [2.05, 4.69) is 15.5 Å². The number of phenolic OH excluding ortho intramolecular Hbond substituents is 1. The molecule has 24 heavy (non-hydrogen) atoms. The summed E-state index contributed by atoms with van der Waals surface area (Å²) in [5.41, 5.74) is 2.66. The van der Waals surface area contributed by atoms with Crippen molar-refractivity contribution in [3.63, 3.8) is 0 Å². The number of nitrogens with zero attached hydrogens (tertiary/aromatic N) is 2. The average Bonchev–Trinajstić information content (AvgIpc) is 3.16. The summed E-state index contributed by atoms with van der Waals surface area (Å²) in [6.45, 7) is 4.20. The second-order valence-corrected chi connectivity index (χ2v) is 6.43. The first-order valence-electron chi connectivity index (χ1n) is 7.50. The first kappa shape index (κ1) is 16.2. The highest BCUT2D eigenvalue weighted by molar-refractivity contribution is 7.16. The van der Waals surface area contributed by atoms with E-state index >= 15 is 0 Å². The molecule has 0 atom stereocenters. The minimum absolute atomic E-state index is 0.149. The van der Waals surface area contributed by atoms with Crippen molar-refractivity contribution in [2.75, 3.05) is 6.54 Å². The average molecular weight is 343 g/mol. The van der Waals surface area contributed by atoms with Crippen molar-refractivity contribution < 1.29 is 14.4 Å². The zero-order chi connectivity index (χ0) is 17.1. The predicted molar refractivity (Wildman–Crippen MR) is 91.2 cm³/mol. The SMILES string of the molecule is Cc1noc(C)c1-c1ncc(C(=O)NCCc2ccc(O)cc2)s1. The second-order valence-electron chi connectivity index (χ2n) is 5.40. The summed E-state index contributed by atoms with van der Waals surface area (Å²) < 4.78 is 5.14. The molecule has 3 rings (SSSR count). The van der Waals surface area contributed by atoms with Crippen LogP contribution in [0, 0.1) is 13.8 Å². The summed E-state index contributed by atoms with van der Waals surface area (Å²) >= 11 is 1.32. The van der Waals surface area contributed by atoms with E-state index in [0.717, 1.165) is 21.8 Å². The molecule has 0 saturated heterocycles. The van der Waals surface area contributed by atoms with Crippen LogP contribution in [-0.4, -0.2) is 27.7 Å². The predicted octanol–water partition coefficient (Wildman–Crippen LogP) is 3.09. The standard InChI is InChI=1S/C17H17N3O3S/c1-10-15(11(2)23-20-10)17-19-9-14(24-17)16(22)18-8-7-12-3-5-13(21)6-4-12/h3-6,9,21H,7-8H2,1-2H3,(H,18,22). The molecule has 2 N–H and O–H groups in total. The first-order valence-corrected chi connectivity index (χ1v) is 8.31. The molecule has 3 aromatic rings. The highest BCUT2D eigenvalue weighted by Crippen LogP contribution is 2.30. The Morgan fingerprint density at radius 3 is 2.71 bits per heavy atom. The Bertz CT molecular complexity index is 833. The number of thiazole rings is 1. The number of aromatic nitrogens is 2. The number of amides is 1. The largest absolute Gasteiger partial charge is 0.508 e. The van der Waals surface area contributed by atoms with Gasteiger partial charge in [-0.25, -0.2) is 4.98 Å². The zero-order valence-corrected chi connectivity index (χ0v) is 14.2. The third-order valence-corrected chi connectivity index (χ3v) is 4.63. The van der Waals surface area contributed by atoms with Gasteiger partial charge >= 0.3 is 0 Å². The van der Waals surface area contributed by atoms with Crippen LogP contribution in [0.15, 0.2) is 35.0 Å². The fraction of sp³-hybridized carbons (Fsp3) is 0.235. The Balaban J connectivity index is 1.61. The third kappa shape index (κ3) is 3.46. The number of aryl methyl sites for hydroxylation is 2. The molecule has 0 bridgehead atoms. The maximum Gasteiger partial charge on any atom is 0.263 e. The van der Waals surface area contributed by atoms with Gasteiger partial charge in [-0.3, -0.25) is 4.79 Å². The summed E-state index contributed by atoms with van der Waals surface area (Å²) in [5.74, 6) is 0.782. The number of rotatable bonds is 5. The van der Waals surface area contributed by atoms with Gasteiger partial charge < -0.3 is 14.9 Å². The van der Waals surface area contributed by atoms with E-state index in [4.69, 9.17) is 4.52 Å². The van der Waals surface area contributed by atoms with Crippen molar-refractivity contribution in [3.05, 3.63) is 52.4 Å². The number of carbonyl (C=O) groups excluding carboxylic acids is 1. The van der Waals surface area contributed by atoms with Gasteiger partial charge in [-0.1, -0.05) is 17.3 Å². The maximum atomic E-state index is 12.2. The van der Waals surface area contributed by atoms with E-state index < -0.39 is 0 Å². The Hall–Kier alpha value is -2.67. The van der Waals surface area contributed by atoms with Crippen LogP contribution in [-0.2, 0) is 6.42 Å². The molecular weight excluding hydrogens is 326 g/mol. The number of benzene rings is 1. The van der Waals surface area contributed by atoms with Crippen LogP contribution in [0.25, 0.3) is 10.6 Å². The molecule has 0 aliphatic rings. The Kier molecular flexibility index (Phi) is 4.61. The summed E-state index contributed by atoms with van der Waals surface area (Å²) in [6, 6.07) is 6.94. The third-order valence-electron chi connectivity index (χ3n) is 3.61. The van der Waals surface area contributed by atoms with Gasteiger partial charge in [0.15, 0.2) is 0 Å². The molecule has 0 saturated carbocycles. The summed E-state index contributed by atoms with van der Waals surface area (Å²) in [6.07, 6.45) is 2.27. The van der Waals surface area contributed by atoms with E-state index in [9.17, 15) is 9.90 Å². The molecule has 1 aromatic carbocycles. The molecule has 1 amide bonds. The summed E-state index contributed by atoms with van der Waals surface area (Å²) in [7, 11) is 0. The van der Waals surface area contributed by atoms with Crippen molar-refractivity contribution in [1.29, 1.82) is 0 Å². The van der Waals surface area contributed by atoms with Crippen molar-refractivity contribution in [3.8, 4) is 16.3 Å². The van der Waals surface area contributed by atoms with Crippen LogP contribution in [0.2, 0.25) is 0 Å². The molecule has 2 heterocycles. The van der Waals surface area contributed by atoms with Gasteiger partial charge in [-0.2, -0.15) is 0 Å². The molecular formula is C17H17N3O3S. The molecule has 0 fully saturated rings. The highest BCUT2D eigenvalue weighted by Gasteiger charge is 2.17. The number of aromatic hydroxyl groups is 1. The molecule has 7 heteroatoms. The molecule has 0 spiro atoms. The molecule has 2 aromatic heterocycles. The van der Waals surface area contributed by atoms with Gasteiger partial charge in [0.1, 0.15) is 21.4 Å². The Morgan fingerprint density at radius 1 is 1.29 bits per heavy atom. The van der Waals surface area contributed by atoms with Gasteiger partial charge in [-0.05, 0) is 38.0 Å². The van der Waals surface area contributed by atoms with E-state index in [-0.39, 0.29) is 11.7 Å². The van der Waals surface area contributed by atoms with Gasteiger partial charge in [0, 0.05) is 6.54 Å². The lowest BCUT2D eigenvalue weighted by Gasteiger charge is -2.03. The normalized spacial score (nSPS) is 10.8. The topological polar surface area (TPSA) is 88.2 Å². The quantitative estimate of drug-likeness (QED) is 0.743. The molecule has 0 unspecified atom stereocenters. The molecule has 124 valence electrons. The van der Waals surface area contributed by atoms with Crippen LogP contribution in [0.5, 0.6) is 5.75 Å². The van der Waals surface area contributed by atoms with E-state index in [1.54, 1.807) is 18.3 Å². The molecule has 6 nitrogen and oxygen atoms in total. The first-order chi connectivity index (χ1) is 11.5.